The minimum atomic E-state index is -3.10. The van der Waals surface area contributed by atoms with E-state index in [4.69, 9.17) is 5.73 Å². The van der Waals surface area contributed by atoms with E-state index in [9.17, 15) is 8.42 Å². The van der Waals surface area contributed by atoms with E-state index in [0.29, 0.717) is 19.0 Å². The van der Waals surface area contributed by atoms with Gasteiger partial charge in [-0.3, -0.25) is 0 Å². The Morgan fingerprint density at radius 2 is 2.00 bits per heavy atom. The molecule has 4 nitrogen and oxygen atoms in total. The molecule has 0 aliphatic carbocycles. The molecule has 0 aromatic rings. The first-order valence-corrected chi connectivity index (χ1v) is 7.67. The van der Waals surface area contributed by atoms with Gasteiger partial charge in [-0.05, 0) is 38.1 Å². The molecule has 96 valence electrons. The van der Waals surface area contributed by atoms with E-state index in [-0.39, 0.29) is 17.7 Å². The molecule has 0 amide bonds. The Bertz CT molecular complexity index is 314. The van der Waals surface area contributed by atoms with Crippen LogP contribution in [0.5, 0.6) is 0 Å². The molecule has 1 aliphatic rings. The van der Waals surface area contributed by atoms with Crippen molar-refractivity contribution in [2.24, 2.45) is 17.6 Å². The molecule has 1 rings (SSSR count). The van der Waals surface area contributed by atoms with Crippen LogP contribution in [0.2, 0.25) is 0 Å². The van der Waals surface area contributed by atoms with Crippen molar-refractivity contribution in [1.82, 2.24) is 4.31 Å². The Balaban J connectivity index is 2.76. The van der Waals surface area contributed by atoms with Crippen molar-refractivity contribution in [3.63, 3.8) is 0 Å². The summed E-state index contributed by atoms with van der Waals surface area (Å²) in [6.07, 6.45) is 1.98. The zero-order chi connectivity index (χ0) is 12.3. The van der Waals surface area contributed by atoms with Gasteiger partial charge in [-0.25, -0.2) is 8.42 Å². The zero-order valence-corrected chi connectivity index (χ0v) is 11.3. The van der Waals surface area contributed by atoms with Crippen molar-refractivity contribution in [3.05, 3.63) is 0 Å². The molecule has 2 unspecified atom stereocenters. The Kier molecular flexibility index (Phi) is 4.76. The van der Waals surface area contributed by atoms with Gasteiger partial charge in [0.25, 0.3) is 0 Å². The molecular formula is C11H24N2O2S. The van der Waals surface area contributed by atoms with Crippen LogP contribution in [0.3, 0.4) is 0 Å². The van der Waals surface area contributed by atoms with Gasteiger partial charge < -0.3 is 5.73 Å². The summed E-state index contributed by atoms with van der Waals surface area (Å²) in [7, 11) is -3.10. The summed E-state index contributed by atoms with van der Waals surface area (Å²) >= 11 is 0. The van der Waals surface area contributed by atoms with Crippen molar-refractivity contribution >= 4 is 10.0 Å². The van der Waals surface area contributed by atoms with E-state index in [1.165, 1.54) is 0 Å². The van der Waals surface area contributed by atoms with Crippen LogP contribution < -0.4 is 5.73 Å². The van der Waals surface area contributed by atoms with E-state index < -0.39 is 10.0 Å². The lowest BCUT2D eigenvalue weighted by Crippen LogP contribution is -2.48. The van der Waals surface area contributed by atoms with Crippen molar-refractivity contribution < 1.29 is 8.42 Å². The summed E-state index contributed by atoms with van der Waals surface area (Å²) in [4.78, 5) is 0. The van der Waals surface area contributed by atoms with Crippen LogP contribution in [-0.4, -0.2) is 37.6 Å². The van der Waals surface area contributed by atoms with Gasteiger partial charge in [0.1, 0.15) is 0 Å². The van der Waals surface area contributed by atoms with Gasteiger partial charge in [0.2, 0.25) is 10.0 Å². The van der Waals surface area contributed by atoms with Crippen LogP contribution in [-0.2, 0) is 10.0 Å². The van der Waals surface area contributed by atoms with E-state index in [0.717, 1.165) is 12.8 Å². The van der Waals surface area contributed by atoms with Gasteiger partial charge in [-0.15, -0.1) is 0 Å². The van der Waals surface area contributed by atoms with Gasteiger partial charge in [-0.2, -0.15) is 4.31 Å². The predicted molar refractivity (Wildman–Crippen MR) is 66.6 cm³/mol. The number of rotatable bonds is 4. The summed E-state index contributed by atoms with van der Waals surface area (Å²) in [6.45, 7) is 7.05. The Morgan fingerprint density at radius 3 is 2.50 bits per heavy atom. The van der Waals surface area contributed by atoms with E-state index >= 15 is 0 Å². The maximum atomic E-state index is 12.2. The van der Waals surface area contributed by atoms with Gasteiger partial charge in [0.15, 0.2) is 0 Å². The first-order valence-electron chi connectivity index (χ1n) is 6.06. The highest BCUT2D eigenvalue weighted by atomic mass is 32.2. The zero-order valence-electron chi connectivity index (χ0n) is 10.5. The molecule has 1 aliphatic heterocycles. The number of hydrogen-bond donors (Lipinski definition) is 1. The van der Waals surface area contributed by atoms with Gasteiger partial charge in [-0.1, -0.05) is 13.8 Å². The largest absolute Gasteiger partial charge is 0.330 e. The number of nitrogens with zero attached hydrogens (tertiary/aromatic N) is 1. The fourth-order valence-corrected chi connectivity index (χ4v) is 4.37. The highest BCUT2D eigenvalue weighted by Crippen LogP contribution is 2.24. The highest BCUT2D eigenvalue weighted by molar-refractivity contribution is 7.89. The van der Waals surface area contributed by atoms with E-state index in [2.05, 4.69) is 0 Å². The fraction of sp³-hybridized carbons (Fsp3) is 1.00. The first kappa shape index (κ1) is 13.9. The second-order valence-electron chi connectivity index (χ2n) is 5.27. The molecule has 0 aromatic heterocycles. The number of hydrogen-bond acceptors (Lipinski definition) is 3. The SMILES string of the molecule is CC(C)CS(=O)(=O)N1CC(CN)CCC1C. The average Bonchev–Trinajstić information content (AvgIpc) is 2.16. The molecule has 2 atom stereocenters. The number of piperidine rings is 1. The molecule has 0 radical (unpaired) electrons. The first-order chi connectivity index (χ1) is 7.36. The van der Waals surface area contributed by atoms with Gasteiger partial charge in [0, 0.05) is 12.6 Å². The summed E-state index contributed by atoms with van der Waals surface area (Å²) in [5.74, 6) is 0.753. The molecule has 0 spiro atoms. The van der Waals surface area contributed by atoms with Crippen LogP contribution in [0.4, 0.5) is 0 Å². The standard InChI is InChI=1S/C11H24N2O2S/c1-9(2)8-16(14,15)13-7-11(6-12)5-4-10(13)3/h9-11H,4-8,12H2,1-3H3. The third-order valence-corrected chi connectivity index (χ3v) is 5.47. The maximum Gasteiger partial charge on any atom is 0.214 e. The molecule has 1 heterocycles. The van der Waals surface area contributed by atoms with Crippen molar-refractivity contribution in [2.45, 2.75) is 39.7 Å². The van der Waals surface area contributed by atoms with Gasteiger partial charge in [0.05, 0.1) is 5.75 Å². The lowest BCUT2D eigenvalue weighted by atomic mass is 9.96. The molecule has 2 N–H and O–H groups in total. The molecule has 0 saturated carbocycles. The number of sulfonamides is 1. The third-order valence-electron chi connectivity index (χ3n) is 3.16. The third kappa shape index (κ3) is 3.43. The quantitative estimate of drug-likeness (QED) is 0.808. The summed E-state index contributed by atoms with van der Waals surface area (Å²) in [5, 5.41) is 0. The van der Waals surface area contributed by atoms with Crippen LogP contribution in [0.15, 0.2) is 0 Å². The Labute approximate surface area is 99.2 Å². The molecular weight excluding hydrogens is 224 g/mol. The molecule has 16 heavy (non-hydrogen) atoms. The summed E-state index contributed by atoms with van der Waals surface area (Å²) < 4.78 is 26.0. The second kappa shape index (κ2) is 5.47. The fourth-order valence-electron chi connectivity index (χ4n) is 2.24. The predicted octanol–water partition coefficient (Wildman–Crippen LogP) is 1.03. The molecule has 1 fully saturated rings. The second-order valence-corrected chi connectivity index (χ2v) is 7.24. The van der Waals surface area contributed by atoms with E-state index in [1.807, 2.05) is 20.8 Å². The molecule has 5 heteroatoms. The monoisotopic (exact) mass is 248 g/mol. The molecule has 0 aromatic carbocycles. The van der Waals surface area contributed by atoms with Crippen molar-refractivity contribution in [2.75, 3.05) is 18.8 Å². The summed E-state index contributed by atoms with van der Waals surface area (Å²) in [5.41, 5.74) is 5.63. The molecule has 0 bridgehead atoms. The molecule has 1 saturated heterocycles. The van der Waals surface area contributed by atoms with Crippen LogP contribution in [0.1, 0.15) is 33.6 Å². The highest BCUT2D eigenvalue weighted by Gasteiger charge is 2.33. The Hall–Kier alpha value is -0.130. The van der Waals surface area contributed by atoms with Crippen molar-refractivity contribution in [3.8, 4) is 0 Å². The van der Waals surface area contributed by atoms with Crippen LogP contribution >= 0.6 is 0 Å². The minimum absolute atomic E-state index is 0.131. The van der Waals surface area contributed by atoms with Crippen LogP contribution in [0.25, 0.3) is 0 Å². The Morgan fingerprint density at radius 1 is 1.38 bits per heavy atom. The summed E-state index contributed by atoms with van der Waals surface area (Å²) in [6, 6.07) is 0.131. The average molecular weight is 248 g/mol. The smallest absolute Gasteiger partial charge is 0.214 e. The van der Waals surface area contributed by atoms with E-state index in [1.54, 1.807) is 4.31 Å². The topological polar surface area (TPSA) is 63.4 Å². The van der Waals surface area contributed by atoms with Crippen molar-refractivity contribution in [1.29, 1.82) is 0 Å². The minimum Gasteiger partial charge on any atom is -0.330 e. The van der Waals surface area contributed by atoms with Gasteiger partial charge >= 0.3 is 0 Å². The lowest BCUT2D eigenvalue weighted by Gasteiger charge is -2.36. The lowest BCUT2D eigenvalue weighted by molar-refractivity contribution is 0.210. The van der Waals surface area contributed by atoms with Crippen LogP contribution in [0, 0.1) is 11.8 Å². The maximum absolute atomic E-state index is 12.2. The normalized spacial score (nSPS) is 28.6. The number of nitrogens with two attached hydrogens (primary N) is 1.